The smallest absolute Gasteiger partial charge is 0.251 e. The summed E-state index contributed by atoms with van der Waals surface area (Å²) in [4.78, 5) is 12.5. The van der Waals surface area contributed by atoms with Gasteiger partial charge in [-0.1, -0.05) is 42.0 Å². The normalized spacial score (nSPS) is 11.0. The quantitative estimate of drug-likeness (QED) is 0.458. The number of hydrogen-bond donors (Lipinski definition) is 1. The van der Waals surface area contributed by atoms with Crippen LogP contribution in [0.1, 0.15) is 21.5 Å². The second-order valence-corrected chi connectivity index (χ2v) is 9.46. The van der Waals surface area contributed by atoms with Crippen molar-refractivity contribution in [2.75, 3.05) is 30.8 Å². The van der Waals surface area contributed by atoms with Crippen LogP contribution in [0.4, 0.5) is 5.69 Å². The summed E-state index contributed by atoms with van der Waals surface area (Å²) in [6.45, 7) is 2.78. The Hall–Kier alpha value is -3.52. The van der Waals surface area contributed by atoms with Gasteiger partial charge in [0.2, 0.25) is 10.0 Å². The first kappa shape index (κ1) is 24.1. The molecule has 0 fully saturated rings. The van der Waals surface area contributed by atoms with E-state index in [1.54, 1.807) is 43.5 Å². The van der Waals surface area contributed by atoms with Gasteiger partial charge in [0.25, 0.3) is 5.91 Å². The molecule has 0 spiro atoms. The van der Waals surface area contributed by atoms with Gasteiger partial charge < -0.3 is 14.8 Å². The molecule has 0 atom stereocenters. The largest absolute Gasteiger partial charge is 0.493 e. The third-order valence-corrected chi connectivity index (χ3v) is 6.12. The van der Waals surface area contributed by atoms with Gasteiger partial charge in [0.05, 0.1) is 32.1 Å². The van der Waals surface area contributed by atoms with E-state index in [1.165, 1.54) is 10.6 Å². The number of hydrogen-bond acceptors (Lipinski definition) is 5. The second kappa shape index (κ2) is 10.9. The Morgan fingerprint density at radius 1 is 0.939 bits per heavy atom. The Morgan fingerprint density at radius 2 is 1.58 bits per heavy atom. The highest BCUT2D eigenvalue weighted by Gasteiger charge is 2.18. The molecule has 7 nitrogen and oxygen atoms in total. The standard InChI is InChI=1S/C25H28N2O5S/c1-19-8-10-20(11-9-19)18-27(33(3,29)30)22-14-12-21(13-15-22)25(28)26-16-17-32-24-7-5-4-6-23(24)31-2/h4-15H,16-18H2,1-3H3,(H,26,28). The molecule has 0 aliphatic carbocycles. The molecular weight excluding hydrogens is 440 g/mol. The predicted molar refractivity (Wildman–Crippen MR) is 129 cm³/mol. The van der Waals surface area contributed by atoms with E-state index in [0.717, 1.165) is 11.1 Å². The molecule has 0 aliphatic rings. The highest BCUT2D eigenvalue weighted by Crippen LogP contribution is 2.25. The number of carbonyl (C=O) groups is 1. The molecule has 0 unspecified atom stereocenters. The number of aryl methyl sites for hydroxylation is 1. The van der Waals surface area contributed by atoms with Crippen LogP contribution in [-0.2, 0) is 16.6 Å². The molecule has 1 amide bonds. The summed E-state index contributed by atoms with van der Waals surface area (Å²) < 4.78 is 37.0. The summed E-state index contributed by atoms with van der Waals surface area (Å²) in [7, 11) is -1.93. The Kier molecular flexibility index (Phi) is 7.95. The van der Waals surface area contributed by atoms with Crippen molar-refractivity contribution in [3.63, 3.8) is 0 Å². The summed E-state index contributed by atoms with van der Waals surface area (Å²) in [5.41, 5.74) is 2.91. The van der Waals surface area contributed by atoms with E-state index >= 15 is 0 Å². The fourth-order valence-electron chi connectivity index (χ4n) is 3.20. The van der Waals surface area contributed by atoms with Crippen LogP contribution >= 0.6 is 0 Å². The fourth-order valence-corrected chi connectivity index (χ4v) is 4.09. The molecule has 174 valence electrons. The highest BCUT2D eigenvalue weighted by atomic mass is 32.2. The lowest BCUT2D eigenvalue weighted by Crippen LogP contribution is -2.30. The number of benzene rings is 3. The molecule has 8 heteroatoms. The zero-order valence-corrected chi connectivity index (χ0v) is 19.8. The first-order valence-corrected chi connectivity index (χ1v) is 12.3. The summed E-state index contributed by atoms with van der Waals surface area (Å²) in [6, 6.07) is 21.5. The van der Waals surface area contributed by atoms with Crippen molar-refractivity contribution < 1.29 is 22.7 Å². The maximum atomic E-state index is 12.5. The summed E-state index contributed by atoms with van der Waals surface area (Å²) in [5.74, 6) is 0.961. The van der Waals surface area contributed by atoms with Crippen LogP contribution in [0.5, 0.6) is 11.5 Å². The van der Waals surface area contributed by atoms with E-state index < -0.39 is 10.0 Å². The van der Waals surface area contributed by atoms with E-state index in [-0.39, 0.29) is 19.1 Å². The fraction of sp³-hybridized carbons (Fsp3) is 0.240. The van der Waals surface area contributed by atoms with Crippen LogP contribution in [0, 0.1) is 6.92 Å². The van der Waals surface area contributed by atoms with Crippen molar-refractivity contribution in [1.29, 1.82) is 0 Å². The monoisotopic (exact) mass is 468 g/mol. The van der Waals surface area contributed by atoms with Crippen molar-refractivity contribution in [3.8, 4) is 11.5 Å². The number of anilines is 1. The zero-order chi connectivity index (χ0) is 23.8. The number of amides is 1. The van der Waals surface area contributed by atoms with E-state index in [4.69, 9.17) is 9.47 Å². The number of sulfonamides is 1. The van der Waals surface area contributed by atoms with Gasteiger partial charge in [-0.15, -0.1) is 0 Å². The highest BCUT2D eigenvalue weighted by molar-refractivity contribution is 7.92. The second-order valence-electron chi connectivity index (χ2n) is 7.56. The molecule has 0 aliphatic heterocycles. The average Bonchev–Trinajstić information content (AvgIpc) is 2.81. The molecule has 0 heterocycles. The van der Waals surface area contributed by atoms with Gasteiger partial charge in [-0.05, 0) is 48.9 Å². The zero-order valence-electron chi connectivity index (χ0n) is 18.9. The predicted octanol–water partition coefficient (Wildman–Crippen LogP) is 3.78. The number of ether oxygens (including phenoxy) is 2. The molecular formula is C25H28N2O5S. The molecule has 3 aromatic rings. The molecule has 0 bridgehead atoms. The van der Waals surface area contributed by atoms with Crippen molar-refractivity contribution in [3.05, 3.63) is 89.5 Å². The van der Waals surface area contributed by atoms with Crippen LogP contribution in [0.25, 0.3) is 0 Å². The number of carbonyl (C=O) groups excluding carboxylic acids is 1. The van der Waals surface area contributed by atoms with Gasteiger partial charge in [-0.3, -0.25) is 9.10 Å². The number of nitrogens with zero attached hydrogens (tertiary/aromatic N) is 1. The van der Waals surface area contributed by atoms with Gasteiger partial charge >= 0.3 is 0 Å². The van der Waals surface area contributed by atoms with Gasteiger partial charge in [-0.25, -0.2) is 8.42 Å². The lowest BCUT2D eigenvalue weighted by atomic mass is 10.1. The molecule has 0 saturated heterocycles. The minimum Gasteiger partial charge on any atom is -0.493 e. The Bertz CT molecular complexity index is 1180. The minimum absolute atomic E-state index is 0.213. The minimum atomic E-state index is -3.50. The van der Waals surface area contributed by atoms with Crippen molar-refractivity contribution in [2.24, 2.45) is 0 Å². The van der Waals surface area contributed by atoms with Crippen molar-refractivity contribution >= 4 is 21.6 Å². The SMILES string of the molecule is COc1ccccc1OCCNC(=O)c1ccc(N(Cc2ccc(C)cc2)S(C)(=O)=O)cc1. The molecule has 33 heavy (non-hydrogen) atoms. The Balaban J connectivity index is 1.60. The molecule has 0 saturated carbocycles. The van der Waals surface area contributed by atoms with Crippen LogP contribution in [0.3, 0.4) is 0 Å². The molecule has 1 N–H and O–H groups in total. The maximum Gasteiger partial charge on any atom is 0.251 e. The lowest BCUT2D eigenvalue weighted by Gasteiger charge is -2.23. The van der Waals surface area contributed by atoms with Gasteiger partial charge in [0, 0.05) is 5.56 Å². The van der Waals surface area contributed by atoms with Gasteiger partial charge in [0.1, 0.15) is 6.61 Å². The van der Waals surface area contributed by atoms with E-state index in [9.17, 15) is 13.2 Å². The van der Waals surface area contributed by atoms with Crippen LogP contribution in [0.2, 0.25) is 0 Å². The number of rotatable bonds is 10. The average molecular weight is 469 g/mol. The van der Waals surface area contributed by atoms with Gasteiger partial charge in [0.15, 0.2) is 11.5 Å². The maximum absolute atomic E-state index is 12.5. The van der Waals surface area contributed by atoms with Gasteiger partial charge in [-0.2, -0.15) is 0 Å². The first-order chi connectivity index (χ1) is 15.8. The van der Waals surface area contributed by atoms with E-state index in [1.807, 2.05) is 43.3 Å². The number of para-hydroxylation sites is 2. The van der Waals surface area contributed by atoms with E-state index in [2.05, 4.69) is 5.32 Å². The summed E-state index contributed by atoms with van der Waals surface area (Å²) >= 11 is 0. The molecule has 0 aromatic heterocycles. The third-order valence-electron chi connectivity index (χ3n) is 4.98. The van der Waals surface area contributed by atoms with Crippen molar-refractivity contribution in [2.45, 2.75) is 13.5 Å². The molecule has 3 aromatic carbocycles. The number of methoxy groups -OCH3 is 1. The molecule has 0 radical (unpaired) electrons. The first-order valence-electron chi connectivity index (χ1n) is 10.5. The van der Waals surface area contributed by atoms with Crippen LogP contribution < -0.4 is 19.1 Å². The van der Waals surface area contributed by atoms with E-state index in [0.29, 0.717) is 29.3 Å². The number of nitrogens with one attached hydrogen (secondary N) is 1. The summed E-state index contributed by atoms with van der Waals surface area (Å²) in [6.07, 6.45) is 1.17. The topological polar surface area (TPSA) is 84.9 Å². The lowest BCUT2D eigenvalue weighted by molar-refractivity contribution is 0.0947. The van der Waals surface area contributed by atoms with Crippen LogP contribution in [-0.4, -0.2) is 40.8 Å². The molecule has 3 rings (SSSR count). The summed E-state index contributed by atoms with van der Waals surface area (Å²) in [5, 5.41) is 2.79. The van der Waals surface area contributed by atoms with Crippen molar-refractivity contribution in [1.82, 2.24) is 5.32 Å². The Labute approximate surface area is 195 Å². The Morgan fingerprint density at radius 3 is 2.18 bits per heavy atom. The third kappa shape index (κ3) is 6.73. The van der Waals surface area contributed by atoms with Crippen LogP contribution in [0.15, 0.2) is 72.8 Å².